The zero-order valence-electron chi connectivity index (χ0n) is 10.8. The molecule has 0 heterocycles. The fourth-order valence-electron chi connectivity index (χ4n) is 1.50. The first-order chi connectivity index (χ1) is 9.11. The zero-order chi connectivity index (χ0) is 14.1. The third-order valence-electron chi connectivity index (χ3n) is 2.38. The number of hydrogen-bond acceptors (Lipinski definition) is 2. The van der Waals surface area contributed by atoms with Crippen molar-refractivity contribution in [3.05, 3.63) is 24.3 Å². The molecule has 0 atom stereocenters. The molecule has 0 saturated heterocycles. The number of amides is 2. The Balaban J connectivity index is 2.41. The van der Waals surface area contributed by atoms with Crippen LogP contribution in [0.4, 0.5) is 19.3 Å². The van der Waals surface area contributed by atoms with Crippen molar-refractivity contribution in [2.75, 3.05) is 11.9 Å². The first kappa shape index (κ1) is 15.8. The number of unbranched alkanes of at least 4 members (excludes halogenated alkanes) is 2. The summed E-state index contributed by atoms with van der Waals surface area (Å²) in [5.74, 6) is -2.46. The topological polar surface area (TPSA) is 41.1 Å². The second-order valence-corrected chi connectivity index (χ2v) is 5.06. The highest BCUT2D eigenvalue weighted by molar-refractivity contribution is 7.99. The summed E-state index contributed by atoms with van der Waals surface area (Å²) in [4.78, 5) is 12.0. The molecule has 0 saturated carbocycles. The van der Waals surface area contributed by atoms with Crippen molar-refractivity contribution in [2.45, 2.75) is 36.8 Å². The van der Waals surface area contributed by atoms with Crippen molar-refractivity contribution in [2.24, 2.45) is 0 Å². The zero-order valence-corrected chi connectivity index (χ0v) is 11.6. The average Bonchev–Trinajstić information content (AvgIpc) is 2.34. The molecule has 0 spiro atoms. The number of anilines is 1. The third-order valence-corrected chi connectivity index (χ3v) is 3.09. The number of rotatable bonds is 7. The van der Waals surface area contributed by atoms with Crippen molar-refractivity contribution in [1.82, 2.24) is 5.32 Å². The van der Waals surface area contributed by atoms with Gasteiger partial charge in [-0.3, -0.25) is 0 Å². The monoisotopic (exact) mass is 288 g/mol. The molecule has 1 aromatic rings. The lowest BCUT2D eigenvalue weighted by Crippen LogP contribution is -2.29. The number of halogens is 2. The van der Waals surface area contributed by atoms with Crippen LogP contribution in [0.25, 0.3) is 0 Å². The van der Waals surface area contributed by atoms with E-state index < -0.39 is 5.76 Å². The molecular weight excluding hydrogens is 270 g/mol. The smallest absolute Gasteiger partial charge is 0.319 e. The molecule has 0 aliphatic heterocycles. The number of alkyl halides is 2. The van der Waals surface area contributed by atoms with E-state index in [-0.39, 0.29) is 6.03 Å². The predicted octanol–water partition coefficient (Wildman–Crippen LogP) is 4.31. The van der Waals surface area contributed by atoms with E-state index in [1.54, 1.807) is 18.2 Å². The Labute approximate surface area is 116 Å². The van der Waals surface area contributed by atoms with Crippen LogP contribution < -0.4 is 10.6 Å². The minimum atomic E-state index is -2.46. The van der Waals surface area contributed by atoms with Crippen molar-refractivity contribution in [3.8, 4) is 0 Å². The van der Waals surface area contributed by atoms with Crippen LogP contribution in [0, 0.1) is 0 Å². The van der Waals surface area contributed by atoms with E-state index >= 15 is 0 Å². The Morgan fingerprint density at radius 3 is 2.84 bits per heavy atom. The fourth-order valence-corrected chi connectivity index (χ4v) is 2.06. The summed E-state index contributed by atoms with van der Waals surface area (Å²) in [6.07, 6.45) is 3.10. The highest BCUT2D eigenvalue weighted by Crippen LogP contribution is 2.27. The number of carbonyl (C=O) groups excluding carboxylic acids is 1. The van der Waals surface area contributed by atoms with E-state index in [0.717, 1.165) is 19.3 Å². The molecule has 1 aromatic carbocycles. The number of benzene rings is 1. The predicted molar refractivity (Wildman–Crippen MR) is 74.8 cm³/mol. The quantitative estimate of drug-likeness (QED) is 0.579. The highest BCUT2D eigenvalue weighted by Gasteiger charge is 2.06. The number of nitrogens with one attached hydrogen (secondary N) is 2. The standard InChI is InChI=1S/C13H18F2N2OS/c1-2-3-4-8-16-13(18)17-10-6-5-7-11(9-10)19-12(14)15/h5-7,9,12H,2-4,8H2,1H3,(H2,16,17,18). The SMILES string of the molecule is CCCCCNC(=O)Nc1cccc(SC(F)F)c1. The van der Waals surface area contributed by atoms with Crippen molar-refractivity contribution >= 4 is 23.5 Å². The molecule has 0 aromatic heterocycles. The number of thioether (sulfide) groups is 1. The molecule has 0 unspecified atom stereocenters. The van der Waals surface area contributed by atoms with E-state index in [9.17, 15) is 13.6 Å². The second kappa shape index (κ2) is 8.74. The van der Waals surface area contributed by atoms with Gasteiger partial charge in [0.05, 0.1) is 0 Å². The maximum atomic E-state index is 12.2. The molecule has 2 amide bonds. The van der Waals surface area contributed by atoms with E-state index in [1.807, 2.05) is 0 Å². The summed E-state index contributed by atoms with van der Waals surface area (Å²) in [5, 5.41) is 5.35. The van der Waals surface area contributed by atoms with Crippen LogP contribution in [-0.2, 0) is 0 Å². The molecular formula is C13H18F2N2OS. The molecule has 0 aliphatic rings. The van der Waals surface area contributed by atoms with Crippen molar-refractivity contribution < 1.29 is 13.6 Å². The first-order valence-electron chi connectivity index (χ1n) is 6.21. The summed E-state index contributed by atoms with van der Waals surface area (Å²) >= 11 is 0.459. The van der Waals surface area contributed by atoms with Gasteiger partial charge in [0.2, 0.25) is 0 Å². The van der Waals surface area contributed by atoms with Crippen LogP contribution in [0.2, 0.25) is 0 Å². The van der Waals surface area contributed by atoms with E-state index in [4.69, 9.17) is 0 Å². The maximum absolute atomic E-state index is 12.2. The molecule has 0 aliphatic carbocycles. The van der Waals surface area contributed by atoms with Crippen LogP contribution in [0.1, 0.15) is 26.2 Å². The van der Waals surface area contributed by atoms with Gasteiger partial charge in [-0.1, -0.05) is 37.6 Å². The van der Waals surface area contributed by atoms with Gasteiger partial charge in [0.15, 0.2) is 0 Å². The van der Waals surface area contributed by atoms with Crippen molar-refractivity contribution in [3.63, 3.8) is 0 Å². The molecule has 6 heteroatoms. The van der Waals surface area contributed by atoms with Crippen LogP contribution in [0.3, 0.4) is 0 Å². The largest absolute Gasteiger partial charge is 0.338 e. The highest BCUT2D eigenvalue weighted by atomic mass is 32.2. The fraction of sp³-hybridized carbons (Fsp3) is 0.462. The molecule has 2 N–H and O–H groups in total. The van der Waals surface area contributed by atoms with Crippen LogP contribution in [0.5, 0.6) is 0 Å². The molecule has 0 bridgehead atoms. The van der Waals surface area contributed by atoms with Gasteiger partial charge < -0.3 is 10.6 Å². The molecule has 19 heavy (non-hydrogen) atoms. The lowest BCUT2D eigenvalue weighted by Gasteiger charge is -2.08. The minimum Gasteiger partial charge on any atom is -0.338 e. The molecule has 3 nitrogen and oxygen atoms in total. The Kier molecular flexibility index (Phi) is 7.25. The number of carbonyl (C=O) groups is 1. The summed E-state index contributed by atoms with van der Waals surface area (Å²) < 4.78 is 24.4. The van der Waals surface area contributed by atoms with Crippen molar-refractivity contribution in [1.29, 1.82) is 0 Å². The third kappa shape index (κ3) is 7.00. The maximum Gasteiger partial charge on any atom is 0.319 e. The average molecular weight is 288 g/mol. The molecule has 1 rings (SSSR count). The molecule has 0 radical (unpaired) electrons. The van der Waals surface area contributed by atoms with Gasteiger partial charge in [0.1, 0.15) is 0 Å². The van der Waals surface area contributed by atoms with Crippen LogP contribution >= 0.6 is 11.8 Å². The van der Waals surface area contributed by atoms with Crippen LogP contribution in [0.15, 0.2) is 29.2 Å². The summed E-state index contributed by atoms with van der Waals surface area (Å²) in [5.41, 5.74) is 0.513. The van der Waals surface area contributed by atoms with Gasteiger partial charge >= 0.3 is 6.03 Å². The first-order valence-corrected chi connectivity index (χ1v) is 7.09. The van der Waals surface area contributed by atoms with Gasteiger partial charge in [0.25, 0.3) is 5.76 Å². The van der Waals surface area contributed by atoms with Crippen LogP contribution in [-0.4, -0.2) is 18.3 Å². The normalized spacial score (nSPS) is 10.5. The van der Waals surface area contributed by atoms with E-state index in [1.165, 1.54) is 6.07 Å². The molecule has 106 valence electrons. The van der Waals surface area contributed by atoms with Gasteiger partial charge in [-0.25, -0.2) is 4.79 Å². The Morgan fingerprint density at radius 2 is 2.16 bits per heavy atom. The summed E-state index contributed by atoms with van der Waals surface area (Å²) in [6.45, 7) is 2.71. The van der Waals surface area contributed by atoms with Gasteiger partial charge in [0, 0.05) is 17.1 Å². The number of urea groups is 1. The lowest BCUT2D eigenvalue weighted by atomic mass is 10.2. The van der Waals surface area contributed by atoms with Gasteiger partial charge in [-0.2, -0.15) is 8.78 Å². The Bertz CT molecular complexity index is 402. The van der Waals surface area contributed by atoms with Gasteiger partial charge in [-0.05, 0) is 24.6 Å². The summed E-state index contributed by atoms with van der Waals surface area (Å²) in [6, 6.07) is 6.11. The Hall–Kier alpha value is -1.30. The minimum absolute atomic E-state index is 0.310. The lowest BCUT2D eigenvalue weighted by molar-refractivity contribution is 0.251. The second-order valence-electron chi connectivity index (χ2n) is 3.99. The number of hydrogen-bond donors (Lipinski definition) is 2. The van der Waals surface area contributed by atoms with Gasteiger partial charge in [-0.15, -0.1) is 0 Å². The molecule has 0 fully saturated rings. The summed E-state index contributed by atoms with van der Waals surface area (Å²) in [7, 11) is 0. The Morgan fingerprint density at radius 1 is 1.37 bits per heavy atom. The van der Waals surface area contributed by atoms with E-state index in [2.05, 4.69) is 17.6 Å². The van der Waals surface area contributed by atoms with E-state index in [0.29, 0.717) is 28.9 Å².